The van der Waals surface area contributed by atoms with E-state index in [9.17, 15) is 18.0 Å². The van der Waals surface area contributed by atoms with Crippen LogP contribution in [0.25, 0.3) is 0 Å². The lowest BCUT2D eigenvalue weighted by atomic mass is 9.85. The number of alkyl halides is 3. The molecule has 1 aliphatic heterocycles. The fourth-order valence-electron chi connectivity index (χ4n) is 2.29. The van der Waals surface area contributed by atoms with E-state index in [0.717, 1.165) is 0 Å². The number of halogens is 3. The molecule has 0 radical (unpaired) electrons. The number of carboxylic acids is 1. The molecule has 1 saturated heterocycles. The predicted molar refractivity (Wildman–Crippen MR) is 61.3 cm³/mol. The van der Waals surface area contributed by atoms with Crippen LogP contribution in [0.15, 0.2) is 0 Å². The first kappa shape index (κ1) is 15.3. The van der Waals surface area contributed by atoms with Crippen LogP contribution in [0.3, 0.4) is 0 Å². The molecule has 1 aliphatic rings. The summed E-state index contributed by atoms with van der Waals surface area (Å²) in [5.74, 6) is -2.26. The van der Waals surface area contributed by atoms with Crippen molar-refractivity contribution in [2.75, 3.05) is 19.6 Å². The van der Waals surface area contributed by atoms with Crippen molar-refractivity contribution in [2.45, 2.75) is 39.3 Å². The van der Waals surface area contributed by atoms with Crippen LogP contribution in [0.4, 0.5) is 13.2 Å². The van der Waals surface area contributed by atoms with Crippen molar-refractivity contribution < 1.29 is 23.1 Å². The Kier molecular flexibility index (Phi) is 4.64. The first-order valence-electron chi connectivity index (χ1n) is 6.21. The third kappa shape index (κ3) is 3.60. The zero-order valence-corrected chi connectivity index (χ0v) is 10.8. The minimum absolute atomic E-state index is 0.0770. The molecule has 0 aromatic heterocycles. The van der Waals surface area contributed by atoms with E-state index in [4.69, 9.17) is 5.11 Å². The fourth-order valence-corrected chi connectivity index (χ4v) is 2.29. The van der Waals surface area contributed by atoms with E-state index < -0.39 is 23.5 Å². The molecule has 2 unspecified atom stereocenters. The first-order chi connectivity index (χ1) is 8.19. The largest absolute Gasteiger partial charge is 0.481 e. The number of nitrogens with zero attached hydrogens (tertiary/aromatic N) is 1. The lowest BCUT2D eigenvalue weighted by molar-refractivity contribution is -0.188. The van der Waals surface area contributed by atoms with Crippen LogP contribution in [0.1, 0.15) is 33.1 Å². The number of aliphatic carboxylic acids is 1. The highest BCUT2D eigenvalue weighted by Crippen LogP contribution is 2.34. The molecule has 0 amide bonds. The van der Waals surface area contributed by atoms with Crippen molar-refractivity contribution in [3.8, 4) is 0 Å². The second-order valence-electron chi connectivity index (χ2n) is 5.34. The smallest absolute Gasteiger partial charge is 0.393 e. The van der Waals surface area contributed by atoms with Crippen molar-refractivity contribution in [2.24, 2.45) is 11.3 Å². The molecule has 6 heteroatoms. The van der Waals surface area contributed by atoms with Gasteiger partial charge in [-0.05, 0) is 32.7 Å². The van der Waals surface area contributed by atoms with Crippen molar-refractivity contribution >= 4 is 5.97 Å². The first-order valence-corrected chi connectivity index (χ1v) is 6.21. The molecule has 1 fully saturated rings. The van der Waals surface area contributed by atoms with Gasteiger partial charge in [-0.3, -0.25) is 4.79 Å². The van der Waals surface area contributed by atoms with Gasteiger partial charge in [0.25, 0.3) is 0 Å². The van der Waals surface area contributed by atoms with Gasteiger partial charge in [-0.25, -0.2) is 0 Å². The highest BCUT2D eigenvalue weighted by Gasteiger charge is 2.43. The summed E-state index contributed by atoms with van der Waals surface area (Å²) in [5.41, 5.74) is -0.965. The van der Waals surface area contributed by atoms with Gasteiger partial charge in [0.15, 0.2) is 0 Å². The van der Waals surface area contributed by atoms with Gasteiger partial charge in [-0.15, -0.1) is 0 Å². The van der Waals surface area contributed by atoms with E-state index in [2.05, 4.69) is 0 Å². The molecule has 0 aliphatic carbocycles. The van der Waals surface area contributed by atoms with Gasteiger partial charge in [0.1, 0.15) is 0 Å². The standard InChI is InChI=1S/C12H20F3NO2/c1-3-11(2,10(17)18)8-16-6-4-5-9(7-16)12(13,14)15/h9H,3-8H2,1-2H3,(H,17,18). The Morgan fingerprint density at radius 2 is 2.06 bits per heavy atom. The average molecular weight is 267 g/mol. The molecule has 18 heavy (non-hydrogen) atoms. The van der Waals surface area contributed by atoms with Crippen LogP contribution >= 0.6 is 0 Å². The summed E-state index contributed by atoms with van der Waals surface area (Å²) in [7, 11) is 0. The topological polar surface area (TPSA) is 40.5 Å². The highest BCUT2D eigenvalue weighted by molar-refractivity contribution is 5.74. The van der Waals surface area contributed by atoms with Crippen LogP contribution in [-0.4, -0.2) is 41.8 Å². The third-order valence-electron chi connectivity index (χ3n) is 3.84. The van der Waals surface area contributed by atoms with E-state index in [-0.39, 0.29) is 19.5 Å². The van der Waals surface area contributed by atoms with Crippen molar-refractivity contribution in [1.82, 2.24) is 4.90 Å². The minimum atomic E-state index is -4.18. The Hall–Kier alpha value is -0.780. The summed E-state index contributed by atoms with van der Waals surface area (Å²) in [4.78, 5) is 12.8. The Morgan fingerprint density at radius 1 is 1.44 bits per heavy atom. The fraction of sp³-hybridized carbons (Fsp3) is 0.917. The zero-order chi connectivity index (χ0) is 14.0. The predicted octanol–water partition coefficient (Wildman–Crippen LogP) is 2.76. The average Bonchev–Trinajstić information content (AvgIpc) is 2.28. The maximum Gasteiger partial charge on any atom is 0.393 e. The zero-order valence-electron chi connectivity index (χ0n) is 10.8. The van der Waals surface area contributed by atoms with Crippen LogP contribution in [-0.2, 0) is 4.79 Å². The molecular weight excluding hydrogens is 247 g/mol. The molecule has 3 nitrogen and oxygen atoms in total. The maximum absolute atomic E-state index is 12.6. The summed E-state index contributed by atoms with van der Waals surface area (Å²) in [6.07, 6.45) is -3.14. The van der Waals surface area contributed by atoms with Crippen LogP contribution in [0.5, 0.6) is 0 Å². The Morgan fingerprint density at radius 3 is 2.50 bits per heavy atom. The summed E-state index contributed by atoms with van der Waals surface area (Å²) in [6, 6.07) is 0. The second kappa shape index (κ2) is 5.47. The lowest BCUT2D eigenvalue weighted by Gasteiger charge is -2.37. The normalized spacial score (nSPS) is 25.7. The second-order valence-corrected chi connectivity index (χ2v) is 5.34. The number of hydrogen-bond donors (Lipinski definition) is 1. The number of hydrogen-bond acceptors (Lipinski definition) is 2. The lowest BCUT2D eigenvalue weighted by Crippen LogP contribution is -2.47. The summed E-state index contributed by atoms with van der Waals surface area (Å²) >= 11 is 0. The molecular formula is C12H20F3NO2. The molecule has 0 bridgehead atoms. The molecule has 106 valence electrons. The van der Waals surface area contributed by atoms with Crippen LogP contribution in [0.2, 0.25) is 0 Å². The number of rotatable bonds is 4. The maximum atomic E-state index is 12.6. The molecule has 0 saturated carbocycles. The van der Waals surface area contributed by atoms with Gasteiger partial charge in [0.05, 0.1) is 11.3 Å². The van der Waals surface area contributed by atoms with Crippen LogP contribution < -0.4 is 0 Å². The number of carboxylic acid groups (broad SMARTS) is 1. The van der Waals surface area contributed by atoms with Gasteiger partial charge < -0.3 is 10.0 Å². The van der Waals surface area contributed by atoms with Crippen molar-refractivity contribution in [3.05, 3.63) is 0 Å². The summed E-state index contributed by atoms with van der Waals surface area (Å²) in [5, 5.41) is 9.14. The van der Waals surface area contributed by atoms with Gasteiger partial charge in [-0.1, -0.05) is 6.92 Å². The number of likely N-dealkylation sites (tertiary alicyclic amines) is 1. The van der Waals surface area contributed by atoms with Crippen molar-refractivity contribution in [3.63, 3.8) is 0 Å². The summed E-state index contributed by atoms with van der Waals surface area (Å²) in [6.45, 7) is 4.00. The number of piperidine rings is 1. The highest BCUT2D eigenvalue weighted by atomic mass is 19.4. The quantitative estimate of drug-likeness (QED) is 0.851. The molecule has 1 rings (SSSR count). The van der Waals surface area contributed by atoms with Crippen molar-refractivity contribution in [1.29, 1.82) is 0 Å². The molecule has 1 heterocycles. The van der Waals surface area contributed by atoms with Gasteiger partial charge in [0.2, 0.25) is 0 Å². The number of carbonyl (C=O) groups is 1. The Bertz CT molecular complexity index is 306. The Balaban J connectivity index is 2.65. The SMILES string of the molecule is CCC(C)(CN1CCCC(C(F)(F)F)C1)C(=O)O. The molecule has 0 aromatic rings. The molecule has 1 N–H and O–H groups in total. The molecule has 0 spiro atoms. The molecule has 2 atom stereocenters. The third-order valence-corrected chi connectivity index (χ3v) is 3.84. The summed E-state index contributed by atoms with van der Waals surface area (Å²) < 4.78 is 37.9. The monoisotopic (exact) mass is 267 g/mol. The van der Waals surface area contributed by atoms with E-state index in [0.29, 0.717) is 19.4 Å². The van der Waals surface area contributed by atoms with E-state index in [1.165, 1.54) is 0 Å². The van der Waals surface area contributed by atoms with E-state index >= 15 is 0 Å². The van der Waals surface area contributed by atoms with Crippen LogP contribution in [0, 0.1) is 11.3 Å². The minimum Gasteiger partial charge on any atom is -0.481 e. The Labute approximate surface area is 105 Å². The van der Waals surface area contributed by atoms with Gasteiger partial charge in [0, 0.05) is 13.1 Å². The van der Waals surface area contributed by atoms with E-state index in [1.54, 1.807) is 18.7 Å². The van der Waals surface area contributed by atoms with Gasteiger partial charge in [-0.2, -0.15) is 13.2 Å². The molecule has 0 aromatic carbocycles. The van der Waals surface area contributed by atoms with E-state index in [1.807, 2.05) is 0 Å². The van der Waals surface area contributed by atoms with Gasteiger partial charge >= 0.3 is 12.1 Å².